The highest BCUT2D eigenvalue weighted by molar-refractivity contribution is 7.14. The van der Waals surface area contributed by atoms with E-state index in [-0.39, 0.29) is 5.91 Å². The SMILES string of the molecule is O=C(Nc1nc(-c2ccccc2)cs1)c1cncn1-c1ccccc1. The number of carbonyl (C=O) groups is 1. The molecule has 4 rings (SSSR count). The summed E-state index contributed by atoms with van der Waals surface area (Å²) in [6.07, 6.45) is 3.18. The average Bonchev–Trinajstić information content (AvgIpc) is 3.33. The Morgan fingerprint density at radius 3 is 2.48 bits per heavy atom. The summed E-state index contributed by atoms with van der Waals surface area (Å²) in [6, 6.07) is 19.5. The normalized spacial score (nSPS) is 10.6. The predicted octanol–water partition coefficient (Wildman–Crippen LogP) is 4.25. The third kappa shape index (κ3) is 3.20. The second kappa shape index (κ2) is 6.70. The van der Waals surface area contributed by atoms with E-state index in [1.807, 2.05) is 66.0 Å². The monoisotopic (exact) mass is 346 g/mol. The smallest absolute Gasteiger partial charge is 0.276 e. The predicted molar refractivity (Wildman–Crippen MR) is 99.1 cm³/mol. The number of nitrogens with one attached hydrogen (secondary N) is 1. The van der Waals surface area contributed by atoms with E-state index in [1.165, 1.54) is 11.3 Å². The van der Waals surface area contributed by atoms with Crippen LogP contribution >= 0.6 is 11.3 Å². The van der Waals surface area contributed by atoms with Gasteiger partial charge in [0, 0.05) is 16.6 Å². The second-order valence-electron chi connectivity index (χ2n) is 5.34. The molecular weight excluding hydrogens is 332 g/mol. The first-order valence-corrected chi connectivity index (χ1v) is 8.59. The molecule has 0 saturated carbocycles. The molecule has 25 heavy (non-hydrogen) atoms. The Balaban J connectivity index is 1.56. The fourth-order valence-electron chi connectivity index (χ4n) is 2.49. The lowest BCUT2D eigenvalue weighted by atomic mass is 10.2. The summed E-state index contributed by atoms with van der Waals surface area (Å²) in [5.74, 6) is -0.240. The molecule has 2 aromatic heterocycles. The van der Waals surface area contributed by atoms with Crippen LogP contribution in [-0.4, -0.2) is 20.4 Å². The van der Waals surface area contributed by atoms with E-state index in [9.17, 15) is 4.79 Å². The third-order valence-electron chi connectivity index (χ3n) is 3.70. The lowest BCUT2D eigenvalue weighted by Crippen LogP contribution is -2.15. The van der Waals surface area contributed by atoms with Gasteiger partial charge in [0.05, 0.1) is 18.2 Å². The van der Waals surface area contributed by atoms with Gasteiger partial charge in [0.25, 0.3) is 5.91 Å². The van der Waals surface area contributed by atoms with Crippen molar-refractivity contribution in [3.8, 4) is 16.9 Å². The van der Waals surface area contributed by atoms with Crippen molar-refractivity contribution in [2.45, 2.75) is 0 Å². The Morgan fingerprint density at radius 1 is 1.00 bits per heavy atom. The quantitative estimate of drug-likeness (QED) is 0.601. The van der Waals surface area contributed by atoms with Gasteiger partial charge in [-0.05, 0) is 12.1 Å². The van der Waals surface area contributed by atoms with Crippen LogP contribution in [0.25, 0.3) is 16.9 Å². The molecule has 1 N–H and O–H groups in total. The largest absolute Gasteiger partial charge is 0.296 e. The molecule has 0 aliphatic rings. The standard InChI is InChI=1S/C19H14N4OS/c24-18(17-11-20-13-23(17)15-9-5-2-6-10-15)22-19-21-16(12-25-19)14-7-3-1-4-8-14/h1-13H,(H,21,22,24). The molecule has 0 fully saturated rings. The lowest BCUT2D eigenvalue weighted by molar-refractivity contribution is 0.102. The molecule has 0 saturated heterocycles. The number of hydrogen-bond donors (Lipinski definition) is 1. The van der Waals surface area contributed by atoms with Gasteiger partial charge >= 0.3 is 0 Å². The van der Waals surface area contributed by atoms with Crippen LogP contribution in [0.4, 0.5) is 5.13 Å². The Morgan fingerprint density at radius 2 is 1.72 bits per heavy atom. The molecule has 0 aliphatic heterocycles. The van der Waals surface area contributed by atoms with Gasteiger partial charge in [0.1, 0.15) is 5.69 Å². The molecule has 4 aromatic rings. The molecule has 0 bridgehead atoms. The van der Waals surface area contributed by atoms with E-state index in [0.717, 1.165) is 16.9 Å². The molecule has 5 nitrogen and oxygen atoms in total. The van der Waals surface area contributed by atoms with Gasteiger partial charge in [-0.2, -0.15) is 0 Å². The summed E-state index contributed by atoms with van der Waals surface area (Å²) in [4.78, 5) is 21.2. The Labute approximate surface area is 148 Å². The number of aromatic nitrogens is 3. The van der Waals surface area contributed by atoms with E-state index >= 15 is 0 Å². The third-order valence-corrected chi connectivity index (χ3v) is 4.46. The first-order chi connectivity index (χ1) is 12.3. The number of para-hydroxylation sites is 1. The second-order valence-corrected chi connectivity index (χ2v) is 6.20. The summed E-state index contributed by atoms with van der Waals surface area (Å²) in [6.45, 7) is 0. The van der Waals surface area contributed by atoms with Crippen molar-refractivity contribution in [2.75, 3.05) is 5.32 Å². The van der Waals surface area contributed by atoms with Crippen LogP contribution in [0.1, 0.15) is 10.5 Å². The van der Waals surface area contributed by atoms with E-state index < -0.39 is 0 Å². The van der Waals surface area contributed by atoms with Crippen LogP contribution in [0.15, 0.2) is 78.6 Å². The van der Waals surface area contributed by atoms with Crippen molar-refractivity contribution in [3.63, 3.8) is 0 Å². The molecule has 1 amide bonds. The minimum Gasteiger partial charge on any atom is -0.296 e. The maximum atomic E-state index is 12.6. The van der Waals surface area contributed by atoms with Gasteiger partial charge in [-0.3, -0.25) is 14.7 Å². The van der Waals surface area contributed by atoms with Gasteiger partial charge < -0.3 is 0 Å². The van der Waals surface area contributed by atoms with Crippen molar-refractivity contribution >= 4 is 22.4 Å². The maximum Gasteiger partial charge on any atom is 0.276 e. The van der Waals surface area contributed by atoms with Crippen LogP contribution in [-0.2, 0) is 0 Å². The van der Waals surface area contributed by atoms with E-state index in [4.69, 9.17) is 0 Å². The summed E-state index contributed by atoms with van der Waals surface area (Å²) in [7, 11) is 0. The first kappa shape index (κ1) is 15.3. The van der Waals surface area contributed by atoms with Crippen LogP contribution in [0.2, 0.25) is 0 Å². The van der Waals surface area contributed by atoms with Crippen molar-refractivity contribution in [1.82, 2.24) is 14.5 Å². The number of amides is 1. The number of thiazole rings is 1. The fourth-order valence-corrected chi connectivity index (χ4v) is 3.21. The minimum absolute atomic E-state index is 0.240. The highest BCUT2D eigenvalue weighted by atomic mass is 32.1. The van der Waals surface area contributed by atoms with Gasteiger partial charge in [-0.1, -0.05) is 48.5 Å². The van der Waals surface area contributed by atoms with Crippen LogP contribution < -0.4 is 5.32 Å². The lowest BCUT2D eigenvalue weighted by Gasteiger charge is -2.07. The van der Waals surface area contributed by atoms with Crippen molar-refractivity contribution in [3.05, 3.63) is 84.3 Å². The number of imidazole rings is 1. The van der Waals surface area contributed by atoms with Crippen LogP contribution in [0, 0.1) is 0 Å². The molecule has 0 unspecified atom stereocenters. The molecule has 0 radical (unpaired) electrons. The molecule has 2 heterocycles. The number of rotatable bonds is 4. The van der Waals surface area contributed by atoms with E-state index in [1.54, 1.807) is 17.1 Å². The Kier molecular flexibility index (Phi) is 4.10. The molecule has 2 aromatic carbocycles. The van der Waals surface area contributed by atoms with Gasteiger partial charge in [0.2, 0.25) is 0 Å². The molecule has 6 heteroatoms. The average molecular weight is 346 g/mol. The highest BCUT2D eigenvalue weighted by Gasteiger charge is 2.15. The summed E-state index contributed by atoms with van der Waals surface area (Å²) in [5, 5.41) is 5.34. The number of hydrogen-bond acceptors (Lipinski definition) is 4. The summed E-state index contributed by atoms with van der Waals surface area (Å²) in [5.41, 5.74) is 3.21. The van der Waals surface area contributed by atoms with Crippen molar-refractivity contribution < 1.29 is 4.79 Å². The minimum atomic E-state index is -0.240. The molecule has 0 atom stereocenters. The van der Waals surface area contributed by atoms with Crippen LogP contribution in [0.5, 0.6) is 0 Å². The Bertz CT molecular complexity index is 992. The first-order valence-electron chi connectivity index (χ1n) is 7.71. The number of anilines is 1. The van der Waals surface area contributed by atoms with Crippen LogP contribution in [0.3, 0.4) is 0 Å². The summed E-state index contributed by atoms with van der Waals surface area (Å²) < 4.78 is 1.75. The molecular formula is C19H14N4OS. The fraction of sp³-hybridized carbons (Fsp3) is 0. The van der Waals surface area contributed by atoms with Crippen molar-refractivity contribution in [1.29, 1.82) is 0 Å². The topological polar surface area (TPSA) is 59.8 Å². The zero-order valence-electron chi connectivity index (χ0n) is 13.2. The molecule has 0 spiro atoms. The highest BCUT2D eigenvalue weighted by Crippen LogP contribution is 2.25. The van der Waals surface area contributed by atoms with Gasteiger partial charge in [-0.15, -0.1) is 11.3 Å². The maximum absolute atomic E-state index is 12.6. The van der Waals surface area contributed by atoms with Crippen molar-refractivity contribution in [2.24, 2.45) is 0 Å². The molecule has 122 valence electrons. The number of benzene rings is 2. The Hall–Kier alpha value is -3.25. The van der Waals surface area contributed by atoms with E-state index in [2.05, 4.69) is 15.3 Å². The zero-order valence-corrected chi connectivity index (χ0v) is 14.0. The summed E-state index contributed by atoms with van der Waals surface area (Å²) >= 11 is 1.40. The zero-order chi connectivity index (χ0) is 17.1. The van der Waals surface area contributed by atoms with E-state index in [0.29, 0.717) is 10.8 Å². The number of carbonyl (C=O) groups excluding carboxylic acids is 1. The van der Waals surface area contributed by atoms with Gasteiger partial charge in [-0.25, -0.2) is 9.97 Å². The number of nitrogens with zero attached hydrogens (tertiary/aromatic N) is 3. The van der Waals surface area contributed by atoms with Gasteiger partial charge in [0.15, 0.2) is 5.13 Å². The molecule has 0 aliphatic carbocycles.